The first-order valence-corrected chi connectivity index (χ1v) is 11.8. The molecule has 9 heteroatoms. The van der Waals surface area contributed by atoms with Gasteiger partial charge < -0.3 is 20.5 Å². The Balaban J connectivity index is 1.45. The molecule has 0 spiro atoms. The zero-order valence-corrected chi connectivity index (χ0v) is 18.1. The third-order valence-corrected chi connectivity index (χ3v) is 6.76. The number of sulfonamides is 1. The van der Waals surface area contributed by atoms with Crippen molar-refractivity contribution in [3.8, 4) is 11.5 Å². The van der Waals surface area contributed by atoms with E-state index in [0.717, 1.165) is 18.4 Å². The number of hydrogen-bond acceptors (Lipinski definition) is 6. The maximum absolute atomic E-state index is 12.9. The van der Waals surface area contributed by atoms with Crippen LogP contribution in [-0.2, 0) is 15.8 Å². The second-order valence-corrected chi connectivity index (χ2v) is 9.72. The maximum atomic E-state index is 12.9. The molecule has 1 fully saturated rings. The van der Waals surface area contributed by atoms with E-state index in [-0.39, 0.29) is 29.2 Å². The van der Waals surface area contributed by atoms with E-state index in [1.54, 1.807) is 35.2 Å². The van der Waals surface area contributed by atoms with Gasteiger partial charge in [-0.15, -0.1) is 4.40 Å². The SMILES string of the molecule is Cc1ccc(C(=O)N2CCC[C@H](COc3cccc4c3C(N)=NS(=O)(=O)C4)C2)c(O)c1. The number of likely N-dealkylation sites (tertiary alicyclic amines) is 1. The molecule has 164 valence electrons. The molecule has 2 aromatic carbocycles. The summed E-state index contributed by atoms with van der Waals surface area (Å²) in [5.74, 6) is 0.128. The van der Waals surface area contributed by atoms with Gasteiger partial charge in [-0.1, -0.05) is 18.2 Å². The third kappa shape index (κ3) is 4.51. The summed E-state index contributed by atoms with van der Waals surface area (Å²) >= 11 is 0. The maximum Gasteiger partial charge on any atom is 0.259 e. The Morgan fingerprint density at radius 1 is 1.32 bits per heavy atom. The number of amidine groups is 1. The molecule has 0 aliphatic carbocycles. The van der Waals surface area contributed by atoms with Crippen molar-refractivity contribution in [2.24, 2.45) is 16.0 Å². The fourth-order valence-electron chi connectivity index (χ4n) is 4.12. The van der Waals surface area contributed by atoms with Crippen molar-refractivity contribution in [1.29, 1.82) is 0 Å². The highest BCUT2D eigenvalue weighted by atomic mass is 32.2. The van der Waals surface area contributed by atoms with E-state index in [1.165, 1.54) is 0 Å². The topological polar surface area (TPSA) is 122 Å². The normalized spacial score (nSPS) is 20.0. The second kappa shape index (κ2) is 8.22. The van der Waals surface area contributed by atoms with Crippen LogP contribution in [0.1, 0.15) is 39.9 Å². The van der Waals surface area contributed by atoms with Gasteiger partial charge in [-0.3, -0.25) is 4.79 Å². The van der Waals surface area contributed by atoms with E-state index in [4.69, 9.17) is 10.5 Å². The van der Waals surface area contributed by atoms with Crippen LogP contribution >= 0.6 is 0 Å². The van der Waals surface area contributed by atoms with E-state index in [2.05, 4.69) is 4.40 Å². The van der Waals surface area contributed by atoms with Crippen LogP contribution in [0.3, 0.4) is 0 Å². The lowest BCUT2D eigenvalue weighted by Gasteiger charge is -2.33. The van der Waals surface area contributed by atoms with Crippen molar-refractivity contribution in [1.82, 2.24) is 4.90 Å². The Hall–Kier alpha value is -3.07. The van der Waals surface area contributed by atoms with Gasteiger partial charge in [0.25, 0.3) is 15.9 Å². The Kier molecular flexibility index (Phi) is 5.62. The average molecular weight is 444 g/mol. The Morgan fingerprint density at radius 2 is 2.13 bits per heavy atom. The highest BCUT2D eigenvalue weighted by Crippen LogP contribution is 2.29. The van der Waals surface area contributed by atoms with Crippen molar-refractivity contribution >= 4 is 21.8 Å². The van der Waals surface area contributed by atoms with Gasteiger partial charge in [0.15, 0.2) is 0 Å². The molecule has 2 aliphatic heterocycles. The number of fused-ring (bicyclic) bond motifs is 1. The van der Waals surface area contributed by atoms with Crippen LogP contribution in [-0.4, -0.2) is 49.9 Å². The summed E-state index contributed by atoms with van der Waals surface area (Å²) in [6.45, 7) is 3.36. The Bertz CT molecular complexity index is 1160. The van der Waals surface area contributed by atoms with Crippen molar-refractivity contribution < 1.29 is 23.1 Å². The van der Waals surface area contributed by atoms with Crippen LogP contribution in [0.15, 0.2) is 40.8 Å². The lowest BCUT2D eigenvalue weighted by Crippen LogP contribution is -2.41. The van der Waals surface area contributed by atoms with Crippen molar-refractivity contribution in [3.05, 3.63) is 58.7 Å². The van der Waals surface area contributed by atoms with E-state index >= 15 is 0 Å². The predicted molar refractivity (Wildman–Crippen MR) is 117 cm³/mol. The summed E-state index contributed by atoms with van der Waals surface area (Å²) < 4.78 is 33.3. The number of amides is 1. The molecule has 2 aliphatic rings. The molecule has 0 unspecified atom stereocenters. The fraction of sp³-hybridized carbons (Fsp3) is 0.364. The van der Waals surface area contributed by atoms with Gasteiger partial charge in [0.2, 0.25) is 0 Å². The van der Waals surface area contributed by atoms with Gasteiger partial charge in [0.1, 0.15) is 17.3 Å². The number of hydrogen-bond donors (Lipinski definition) is 2. The minimum Gasteiger partial charge on any atom is -0.507 e. The zero-order chi connectivity index (χ0) is 22.2. The highest BCUT2D eigenvalue weighted by molar-refractivity contribution is 7.89. The molecule has 1 saturated heterocycles. The number of aryl methyl sites for hydroxylation is 1. The molecule has 0 radical (unpaired) electrons. The van der Waals surface area contributed by atoms with Gasteiger partial charge in [-0.05, 0) is 49.1 Å². The highest BCUT2D eigenvalue weighted by Gasteiger charge is 2.28. The number of nitrogens with two attached hydrogens (primary N) is 1. The van der Waals surface area contributed by atoms with Crippen molar-refractivity contribution in [3.63, 3.8) is 0 Å². The van der Waals surface area contributed by atoms with Gasteiger partial charge >= 0.3 is 0 Å². The van der Waals surface area contributed by atoms with Gasteiger partial charge in [0.05, 0.1) is 23.5 Å². The average Bonchev–Trinajstić information content (AvgIpc) is 2.71. The smallest absolute Gasteiger partial charge is 0.259 e. The molecule has 0 aromatic heterocycles. The van der Waals surface area contributed by atoms with Crippen LogP contribution in [0.2, 0.25) is 0 Å². The van der Waals surface area contributed by atoms with Crippen LogP contribution < -0.4 is 10.5 Å². The molecule has 2 aromatic rings. The summed E-state index contributed by atoms with van der Waals surface area (Å²) in [4.78, 5) is 14.6. The van der Waals surface area contributed by atoms with Crippen molar-refractivity contribution in [2.45, 2.75) is 25.5 Å². The molecular weight excluding hydrogens is 418 g/mol. The first-order chi connectivity index (χ1) is 14.7. The van der Waals surface area contributed by atoms with Gasteiger partial charge in [0, 0.05) is 19.0 Å². The largest absolute Gasteiger partial charge is 0.507 e. The number of nitrogens with zero attached hydrogens (tertiary/aromatic N) is 2. The van der Waals surface area contributed by atoms with E-state index in [1.807, 2.05) is 13.0 Å². The minimum atomic E-state index is -3.60. The zero-order valence-electron chi connectivity index (χ0n) is 17.2. The summed E-state index contributed by atoms with van der Waals surface area (Å²) in [7, 11) is -3.60. The third-order valence-electron chi connectivity index (χ3n) is 5.61. The molecule has 31 heavy (non-hydrogen) atoms. The number of phenolic OH excluding ortho intramolecular Hbond substituents is 1. The molecule has 0 bridgehead atoms. The number of carbonyl (C=O) groups excluding carboxylic acids is 1. The Morgan fingerprint density at radius 3 is 2.90 bits per heavy atom. The summed E-state index contributed by atoms with van der Waals surface area (Å²) in [5.41, 5.74) is 8.18. The standard InChI is InChI=1S/C22H25N3O5S/c1-14-7-8-17(18(26)10-14)22(27)25-9-3-4-15(11-25)12-30-19-6-2-5-16-13-31(28,29)24-21(23)20(16)19/h2,5-8,10,15,26H,3-4,9,11-13H2,1H3,(H2,23,24)/t15-/m0/s1. The quantitative estimate of drug-likeness (QED) is 0.747. The van der Waals surface area contributed by atoms with E-state index < -0.39 is 10.0 Å². The second-order valence-electron chi connectivity index (χ2n) is 8.08. The molecule has 8 nitrogen and oxygen atoms in total. The number of carbonyl (C=O) groups is 1. The summed E-state index contributed by atoms with van der Waals surface area (Å²) in [5, 5.41) is 10.1. The number of phenols is 1. The summed E-state index contributed by atoms with van der Waals surface area (Å²) in [6.07, 6.45) is 1.73. The molecule has 3 N–H and O–H groups in total. The molecule has 1 atom stereocenters. The minimum absolute atomic E-state index is 0.0102. The number of rotatable bonds is 4. The molecule has 4 rings (SSSR count). The number of ether oxygens (including phenoxy) is 1. The first kappa shape index (κ1) is 21.2. The monoisotopic (exact) mass is 443 g/mol. The summed E-state index contributed by atoms with van der Waals surface area (Å²) in [6, 6.07) is 10.2. The molecule has 1 amide bonds. The van der Waals surface area contributed by atoms with E-state index in [0.29, 0.717) is 42.1 Å². The van der Waals surface area contributed by atoms with E-state index in [9.17, 15) is 18.3 Å². The van der Waals surface area contributed by atoms with Crippen LogP contribution in [0, 0.1) is 12.8 Å². The number of benzene rings is 2. The first-order valence-electron chi connectivity index (χ1n) is 10.2. The lowest BCUT2D eigenvalue weighted by molar-refractivity contribution is 0.0630. The number of piperidine rings is 1. The lowest BCUT2D eigenvalue weighted by atomic mass is 9.97. The van der Waals surface area contributed by atoms with Crippen LogP contribution in [0.4, 0.5) is 0 Å². The predicted octanol–water partition coefficient (Wildman–Crippen LogP) is 2.18. The van der Waals surface area contributed by atoms with Gasteiger partial charge in [-0.25, -0.2) is 8.42 Å². The fourth-order valence-corrected chi connectivity index (χ4v) is 5.21. The van der Waals surface area contributed by atoms with Crippen LogP contribution in [0.25, 0.3) is 0 Å². The number of aromatic hydroxyl groups is 1. The molecular formula is C22H25N3O5S. The van der Waals surface area contributed by atoms with Gasteiger partial charge in [-0.2, -0.15) is 0 Å². The molecule has 0 saturated carbocycles. The van der Waals surface area contributed by atoms with Crippen LogP contribution in [0.5, 0.6) is 11.5 Å². The molecule has 2 heterocycles. The van der Waals surface area contributed by atoms with Crippen molar-refractivity contribution in [2.75, 3.05) is 19.7 Å². The Labute approximate surface area is 181 Å².